The molecule has 0 heterocycles. The smallest absolute Gasteiger partial charge is 0.259 e. The lowest BCUT2D eigenvalue weighted by Crippen LogP contribution is -2.05. The molecule has 2 nitrogen and oxygen atoms in total. The molecule has 0 N–H and O–H groups in total. The predicted octanol–water partition coefficient (Wildman–Crippen LogP) is 3.64. The van der Waals surface area contributed by atoms with E-state index in [1.165, 1.54) is 0 Å². The molecule has 2 aromatic carbocycles. The van der Waals surface area contributed by atoms with E-state index in [0.717, 1.165) is 10.8 Å². The minimum Gasteiger partial charge on any atom is -0.482 e. The van der Waals surface area contributed by atoms with Crippen LogP contribution in [0.1, 0.15) is 0 Å². The largest absolute Gasteiger partial charge is 0.482 e. The van der Waals surface area contributed by atoms with Crippen molar-refractivity contribution in [2.24, 2.45) is 0 Å². The number of hydrogen-bond acceptors (Lipinski definition) is 2. The van der Waals surface area contributed by atoms with Gasteiger partial charge in [0.2, 0.25) is 0 Å². The summed E-state index contributed by atoms with van der Waals surface area (Å²) >= 11 is 11.2. The van der Waals surface area contributed by atoms with Crippen LogP contribution in [0.2, 0.25) is 5.02 Å². The summed E-state index contributed by atoms with van der Waals surface area (Å²) in [5, 5.41) is 1.79. The van der Waals surface area contributed by atoms with Crippen molar-refractivity contribution in [3.05, 3.63) is 41.4 Å². The van der Waals surface area contributed by atoms with Crippen molar-refractivity contribution in [1.29, 1.82) is 0 Å². The Balaban J connectivity index is 2.48. The molecular weight excluding hydrogens is 247 g/mol. The summed E-state index contributed by atoms with van der Waals surface area (Å²) in [5.74, 6) is 0.494. The van der Waals surface area contributed by atoms with Crippen LogP contribution in [0.25, 0.3) is 10.8 Å². The van der Waals surface area contributed by atoms with E-state index < -0.39 is 5.24 Å². The predicted molar refractivity (Wildman–Crippen MR) is 65.3 cm³/mol. The van der Waals surface area contributed by atoms with Crippen LogP contribution in [0, 0.1) is 0 Å². The van der Waals surface area contributed by atoms with Crippen LogP contribution >= 0.6 is 23.2 Å². The van der Waals surface area contributed by atoms with Gasteiger partial charge in [-0.1, -0.05) is 41.9 Å². The molecule has 0 saturated carbocycles. The summed E-state index contributed by atoms with van der Waals surface area (Å²) in [7, 11) is 0. The van der Waals surface area contributed by atoms with E-state index in [9.17, 15) is 4.79 Å². The number of carbonyl (C=O) groups is 1. The monoisotopic (exact) mass is 254 g/mol. The third kappa shape index (κ3) is 2.29. The lowest BCUT2D eigenvalue weighted by Gasteiger charge is -2.09. The zero-order chi connectivity index (χ0) is 11.5. The van der Waals surface area contributed by atoms with E-state index in [2.05, 4.69) is 0 Å². The van der Waals surface area contributed by atoms with Crippen LogP contribution in [-0.2, 0) is 4.79 Å². The van der Waals surface area contributed by atoms with E-state index in [-0.39, 0.29) is 6.61 Å². The van der Waals surface area contributed by atoms with E-state index in [0.29, 0.717) is 10.8 Å². The maximum atomic E-state index is 10.7. The van der Waals surface area contributed by atoms with Gasteiger partial charge in [-0.05, 0) is 23.1 Å². The van der Waals surface area contributed by atoms with Crippen molar-refractivity contribution >= 4 is 39.2 Å². The Hall–Kier alpha value is -1.25. The molecule has 0 radical (unpaired) electrons. The highest BCUT2D eigenvalue weighted by molar-refractivity contribution is 6.63. The molecule has 16 heavy (non-hydrogen) atoms. The molecule has 2 aromatic rings. The Labute approximate surface area is 103 Å². The van der Waals surface area contributed by atoms with Crippen molar-refractivity contribution in [2.45, 2.75) is 0 Å². The van der Waals surface area contributed by atoms with Crippen LogP contribution < -0.4 is 4.74 Å². The molecule has 0 unspecified atom stereocenters. The third-order valence-corrected chi connectivity index (χ3v) is 2.57. The van der Waals surface area contributed by atoms with Crippen LogP contribution in [-0.4, -0.2) is 11.8 Å². The number of fused-ring (bicyclic) bond motifs is 1. The van der Waals surface area contributed by atoms with E-state index in [4.69, 9.17) is 27.9 Å². The third-order valence-electron chi connectivity index (χ3n) is 2.16. The van der Waals surface area contributed by atoms with Gasteiger partial charge in [0.1, 0.15) is 5.75 Å². The number of hydrogen-bond donors (Lipinski definition) is 0. The summed E-state index contributed by atoms with van der Waals surface area (Å²) in [4.78, 5) is 10.7. The second kappa shape index (κ2) is 4.73. The lowest BCUT2D eigenvalue weighted by atomic mass is 10.1. The fourth-order valence-corrected chi connectivity index (χ4v) is 1.77. The van der Waals surface area contributed by atoms with Gasteiger partial charge in [-0.2, -0.15) is 0 Å². The molecule has 0 aromatic heterocycles. The van der Waals surface area contributed by atoms with Crippen molar-refractivity contribution < 1.29 is 9.53 Å². The van der Waals surface area contributed by atoms with Crippen molar-refractivity contribution in [3.63, 3.8) is 0 Å². The lowest BCUT2D eigenvalue weighted by molar-refractivity contribution is -0.113. The fourth-order valence-electron chi connectivity index (χ4n) is 1.49. The number of halogens is 2. The van der Waals surface area contributed by atoms with Gasteiger partial charge in [0.05, 0.1) is 5.02 Å². The van der Waals surface area contributed by atoms with Crippen molar-refractivity contribution in [1.82, 2.24) is 0 Å². The Kier molecular flexibility index (Phi) is 3.32. The van der Waals surface area contributed by atoms with Gasteiger partial charge in [-0.25, -0.2) is 0 Å². The second-order valence-electron chi connectivity index (χ2n) is 3.24. The standard InChI is InChI=1S/C12H8Cl2O2/c13-10-6-5-8-3-1-2-4-9(8)12(10)16-7-11(14)15/h1-6H,7H2. The van der Waals surface area contributed by atoms with Crippen molar-refractivity contribution in [2.75, 3.05) is 6.61 Å². The van der Waals surface area contributed by atoms with E-state index in [1.807, 2.05) is 30.3 Å². The van der Waals surface area contributed by atoms with Crippen LogP contribution in [0.5, 0.6) is 5.75 Å². The summed E-state index contributed by atoms with van der Waals surface area (Å²) in [6.45, 7) is -0.185. The highest BCUT2D eigenvalue weighted by Gasteiger charge is 2.08. The van der Waals surface area contributed by atoms with Crippen LogP contribution in [0.3, 0.4) is 0 Å². The SMILES string of the molecule is O=C(Cl)COc1c(Cl)ccc2ccccc12. The fraction of sp³-hybridized carbons (Fsp3) is 0.0833. The second-order valence-corrected chi connectivity index (χ2v) is 4.07. The Morgan fingerprint density at radius 3 is 2.69 bits per heavy atom. The first-order valence-electron chi connectivity index (χ1n) is 4.67. The zero-order valence-electron chi connectivity index (χ0n) is 8.24. The molecule has 0 amide bonds. The average molecular weight is 255 g/mol. The van der Waals surface area contributed by atoms with Gasteiger partial charge in [-0.15, -0.1) is 0 Å². The van der Waals surface area contributed by atoms with Crippen LogP contribution in [0.4, 0.5) is 0 Å². The van der Waals surface area contributed by atoms with Gasteiger partial charge in [0, 0.05) is 5.39 Å². The van der Waals surface area contributed by atoms with Crippen LogP contribution in [0.15, 0.2) is 36.4 Å². The van der Waals surface area contributed by atoms with E-state index >= 15 is 0 Å². The number of benzene rings is 2. The maximum Gasteiger partial charge on any atom is 0.259 e. The first-order chi connectivity index (χ1) is 7.68. The molecular formula is C12H8Cl2O2. The molecule has 0 saturated heterocycles. The minimum absolute atomic E-state index is 0.185. The summed E-state index contributed by atoms with van der Waals surface area (Å²) in [6, 6.07) is 11.3. The quantitative estimate of drug-likeness (QED) is 0.782. The zero-order valence-corrected chi connectivity index (χ0v) is 9.76. The highest BCUT2D eigenvalue weighted by Crippen LogP contribution is 2.33. The molecule has 4 heteroatoms. The molecule has 0 spiro atoms. The highest BCUT2D eigenvalue weighted by atomic mass is 35.5. The van der Waals surface area contributed by atoms with Gasteiger partial charge in [-0.3, -0.25) is 4.79 Å². The average Bonchev–Trinajstić information content (AvgIpc) is 2.27. The van der Waals surface area contributed by atoms with Gasteiger partial charge in [0.25, 0.3) is 5.24 Å². The molecule has 0 fully saturated rings. The summed E-state index contributed by atoms with van der Waals surface area (Å²) in [5.41, 5.74) is 0. The van der Waals surface area contributed by atoms with E-state index in [1.54, 1.807) is 6.07 Å². The van der Waals surface area contributed by atoms with Crippen molar-refractivity contribution in [3.8, 4) is 5.75 Å². The molecule has 0 aliphatic rings. The molecule has 0 atom stereocenters. The number of ether oxygens (including phenoxy) is 1. The molecule has 2 rings (SSSR count). The number of carbonyl (C=O) groups excluding carboxylic acids is 1. The molecule has 0 aliphatic heterocycles. The minimum atomic E-state index is -0.552. The first-order valence-corrected chi connectivity index (χ1v) is 5.42. The molecule has 0 aliphatic carbocycles. The van der Waals surface area contributed by atoms with Gasteiger partial charge < -0.3 is 4.74 Å². The first kappa shape index (κ1) is 11.2. The number of rotatable bonds is 3. The topological polar surface area (TPSA) is 26.3 Å². The van der Waals surface area contributed by atoms with Gasteiger partial charge in [0.15, 0.2) is 6.61 Å². The summed E-state index contributed by atoms with van der Waals surface area (Å²) in [6.07, 6.45) is 0. The summed E-state index contributed by atoms with van der Waals surface area (Å²) < 4.78 is 5.30. The Morgan fingerprint density at radius 1 is 1.19 bits per heavy atom. The normalized spacial score (nSPS) is 10.4. The molecule has 0 bridgehead atoms. The molecule has 82 valence electrons. The Morgan fingerprint density at radius 2 is 1.94 bits per heavy atom. The van der Waals surface area contributed by atoms with Gasteiger partial charge >= 0.3 is 0 Å². The maximum absolute atomic E-state index is 10.7. The Bertz CT molecular complexity index is 538.